The lowest BCUT2D eigenvalue weighted by atomic mass is 9.79. The summed E-state index contributed by atoms with van der Waals surface area (Å²) in [5.74, 6) is 1.02. The largest absolute Gasteiger partial charge is 0.481 e. The van der Waals surface area contributed by atoms with Crippen molar-refractivity contribution >= 4 is 5.97 Å². The maximum absolute atomic E-state index is 10.6. The van der Waals surface area contributed by atoms with Crippen LogP contribution in [-0.2, 0) is 4.79 Å². The van der Waals surface area contributed by atoms with Gasteiger partial charge in [-0.1, -0.05) is 13.8 Å². The van der Waals surface area contributed by atoms with Crippen LogP contribution >= 0.6 is 0 Å². The normalized spacial score (nSPS) is 34.3. The second kappa shape index (κ2) is 6.71. The third kappa shape index (κ3) is 4.18. The molecule has 1 aliphatic carbocycles. The first-order valence-corrected chi connectivity index (χ1v) is 7.74. The molecule has 0 radical (unpaired) electrons. The molecule has 2 rings (SSSR count). The maximum atomic E-state index is 10.6. The summed E-state index contributed by atoms with van der Waals surface area (Å²) in [5, 5.41) is 8.72. The van der Waals surface area contributed by atoms with Gasteiger partial charge in [0.2, 0.25) is 0 Å². The SMILES string of the molecule is CC1CCC(N2CCN(CCC(=O)O)CC2)C(C)C1. The van der Waals surface area contributed by atoms with E-state index in [9.17, 15) is 4.79 Å². The molecule has 0 bridgehead atoms. The van der Waals surface area contributed by atoms with Crippen LogP contribution in [0.5, 0.6) is 0 Å². The predicted molar refractivity (Wildman–Crippen MR) is 76.2 cm³/mol. The number of rotatable bonds is 4. The lowest BCUT2D eigenvalue weighted by molar-refractivity contribution is -0.137. The van der Waals surface area contributed by atoms with Crippen LogP contribution in [0.3, 0.4) is 0 Å². The number of carbonyl (C=O) groups is 1. The van der Waals surface area contributed by atoms with Gasteiger partial charge in [0.05, 0.1) is 6.42 Å². The molecule has 0 spiro atoms. The number of piperazine rings is 1. The lowest BCUT2D eigenvalue weighted by Crippen LogP contribution is -2.53. The summed E-state index contributed by atoms with van der Waals surface area (Å²) < 4.78 is 0. The Morgan fingerprint density at radius 2 is 1.84 bits per heavy atom. The Kier molecular flexibility index (Phi) is 5.22. The molecular formula is C15H28N2O2. The van der Waals surface area contributed by atoms with E-state index in [0.29, 0.717) is 6.54 Å². The van der Waals surface area contributed by atoms with E-state index in [4.69, 9.17) is 5.11 Å². The van der Waals surface area contributed by atoms with Gasteiger partial charge in [-0.2, -0.15) is 0 Å². The molecule has 0 aromatic heterocycles. The minimum atomic E-state index is -0.683. The van der Waals surface area contributed by atoms with Gasteiger partial charge in [-0.05, 0) is 31.1 Å². The van der Waals surface area contributed by atoms with Gasteiger partial charge in [0.25, 0.3) is 0 Å². The van der Waals surface area contributed by atoms with Crippen molar-refractivity contribution in [1.82, 2.24) is 9.80 Å². The van der Waals surface area contributed by atoms with Gasteiger partial charge in [-0.3, -0.25) is 9.69 Å². The topological polar surface area (TPSA) is 43.8 Å². The van der Waals surface area contributed by atoms with Crippen LogP contribution in [0.1, 0.15) is 39.5 Å². The Balaban J connectivity index is 1.75. The molecular weight excluding hydrogens is 240 g/mol. The van der Waals surface area contributed by atoms with Gasteiger partial charge < -0.3 is 10.0 Å². The molecule has 0 amide bonds. The summed E-state index contributed by atoms with van der Waals surface area (Å²) in [7, 11) is 0. The molecule has 2 aliphatic rings. The summed E-state index contributed by atoms with van der Waals surface area (Å²) in [6.45, 7) is 9.78. The first-order chi connectivity index (χ1) is 9.06. The third-order valence-corrected chi connectivity index (χ3v) is 4.90. The van der Waals surface area contributed by atoms with Gasteiger partial charge in [-0.15, -0.1) is 0 Å². The van der Waals surface area contributed by atoms with Crippen molar-refractivity contribution in [2.45, 2.75) is 45.6 Å². The summed E-state index contributed by atoms with van der Waals surface area (Å²) in [6.07, 6.45) is 4.35. The summed E-state index contributed by atoms with van der Waals surface area (Å²) in [4.78, 5) is 15.5. The Hall–Kier alpha value is -0.610. The number of carboxylic acid groups (broad SMARTS) is 1. The van der Waals surface area contributed by atoms with Gasteiger partial charge >= 0.3 is 5.97 Å². The molecule has 4 heteroatoms. The molecule has 4 nitrogen and oxygen atoms in total. The Morgan fingerprint density at radius 1 is 1.16 bits per heavy atom. The molecule has 3 unspecified atom stereocenters. The van der Waals surface area contributed by atoms with Crippen LogP contribution in [0, 0.1) is 11.8 Å². The number of aliphatic carboxylic acids is 1. The van der Waals surface area contributed by atoms with Crippen molar-refractivity contribution in [1.29, 1.82) is 0 Å². The number of nitrogens with zero attached hydrogens (tertiary/aromatic N) is 2. The zero-order valence-corrected chi connectivity index (χ0v) is 12.3. The van der Waals surface area contributed by atoms with Gasteiger partial charge in [-0.25, -0.2) is 0 Å². The van der Waals surface area contributed by atoms with Gasteiger partial charge in [0.15, 0.2) is 0 Å². The Morgan fingerprint density at radius 3 is 2.42 bits per heavy atom. The first kappa shape index (κ1) is 14.8. The fourth-order valence-electron chi connectivity index (χ4n) is 3.76. The highest BCUT2D eigenvalue weighted by molar-refractivity contribution is 5.66. The van der Waals surface area contributed by atoms with Crippen LogP contribution in [0.2, 0.25) is 0 Å². The van der Waals surface area contributed by atoms with E-state index in [1.165, 1.54) is 19.3 Å². The minimum absolute atomic E-state index is 0.275. The minimum Gasteiger partial charge on any atom is -0.481 e. The molecule has 1 saturated carbocycles. The van der Waals surface area contributed by atoms with Crippen LogP contribution in [0.15, 0.2) is 0 Å². The van der Waals surface area contributed by atoms with Crippen molar-refractivity contribution in [3.05, 3.63) is 0 Å². The van der Waals surface area contributed by atoms with E-state index in [0.717, 1.165) is 44.1 Å². The number of carboxylic acids is 1. The van der Waals surface area contributed by atoms with E-state index in [1.807, 2.05) is 0 Å². The molecule has 0 aromatic carbocycles. The molecule has 19 heavy (non-hydrogen) atoms. The van der Waals surface area contributed by atoms with Crippen molar-refractivity contribution in [2.24, 2.45) is 11.8 Å². The zero-order valence-electron chi connectivity index (χ0n) is 12.3. The van der Waals surface area contributed by atoms with Crippen molar-refractivity contribution in [3.63, 3.8) is 0 Å². The number of hydrogen-bond acceptors (Lipinski definition) is 3. The highest BCUT2D eigenvalue weighted by Gasteiger charge is 2.31. The van der Waals surface area contributed by atoms with Crippen molar-refractivity contribution in [3.8, 4) is 0 Å². The molecule has 1 saturated heterocycles. The quantitative estimate of drug-likeness (QED) is 0.846. The third-order valence-electron chi connectivity index (χ3n) is 4.90. The molecule has 3 atom stereocenters. The van der Waals surface area contributed by atoms with E-state index in [1.54, 1.807) is 0 Å². The Labute approximate surface area is 116 Å². The predicted octanol–water partition coefficient (Wildman–Crippen LogP) is 1.90. The average Bonchev–Trinajstić information content (AvgIpc) is 2.37. The zero-order chi connectivity index (χ0) is 13.8. The smallest absolute Gasteiger partial charge is 0.304 e. The standard InChI is InChI=1S/C15H28N2O2/c1-12-3-4-14(13(2)11-12)17-9-7-16(8-10-17)6-5-15(18)19/h12-14H,3-11H2,1-2H3,(H,18,19). The fraction of sp³-hybridized carbons (Fsp3) is 0.933. The summed E-state index contributed by atoms with van der Waals surface area (Å²) >= 11 is 0. The van der Waals surface area contributed by atoms with Crippen LogP contribution < -0.4 is 0 Å². The summed E-state index contributed by atoms with van der Waals surface area (Å²) in [5.41, 5.74) is 0. The summed E-state index contributed by atoms with van der Waals surface area (Å²) in [6, 6.07) is 0.762. The van der Waals surface area contributed by atoms with Crippen LogP contribution in [-0.4, -0.2) is 59.6 Å². The fourth-order valence-corrected chi connectivity index (χ4v) is 3.76. The highest BCUT2D eigenvalue weighted by Crippen LogP contribution is 2.32. The lowest BCUT2D eigenvalue weighted by Gasteiger charge is -2.44. The highest BCUT2D eigenvalue weighted by atomic mass is 16.4. The van der Waals surface area contributed by atoms with E-state index >= 15 is 0 Å². The second-order valence-electron chi connectivity index (χ2n) is 6.48. The van der Waals surface area contributed by atoms with Gasteiger partial charge in [0, 0.05) is 38.8 Å². The van der Waals surface area contributed by atoms with Crippen molar-refractivity contribution in [2.75, 3.05) is 32.7 Å². The van der Waals surface area contributed by atoms with E-state index in [2.05, 4.69) is 23.6 Å². The Bertz CT molecular complexity index is 301. The van der Waals surface area contributed by atoms with E-state index < -0.39 is 5.97 Å². The van der Waals surface area contributed by atoms with Crippen LogP contribution in [0.4, 0.5) is 0 Å². The number of hydrogen-bond donors (Lipinski definition) is 1. The maximum Gasteiger partial charge on any atom is 0.304 e. The van der Waals surface area contributed by atoms with Gasteiger partial charge in [0.1, 0.15) is 0 Å². The van der Waals surface area contributed by atoms with Crippen molar-refractivity contribution < 1.29 is 9.90 Å². The first-order valence-electron chi connectivity index (χ1n) is 7.74. The second-order valence-corrected chi connectivity index (χ2v) is 6.48. The van der Waals surface area contributed by atoms with E-state index in [-0.39, 0.29) is 6.42 Å². The molecule has 1 heterocycles. The average molecular weight is 268 g/mol. The monoisotopic (exact) mass is 268 g/mol. The molecule has 0 aromatic rings. The molecule has 1 N–H and O–H groups in total. The van der Waals surface area contributed by atoms with Crippen LogP contribution in [0.25, 0.3) is 0 Å². The molecule has 1 aliphatic heterocycles. The molecule has 110 valence electrons. The molecule has 2 fully saturated rings.